The van der Waals surface area contributed by atoms with Gasteiger partial charge in [-0.25, -0.2) is 14.2 Å². The van der Waals surface area contributed by atoms with Gasteiger partial charge in [-0.05, 0) is 147 Å². The fourth-order valence-electron chi connectivity index (χ4n) is 14.2. The zero-order chi connectivity index (χ0) is 74.5. The van der Waals surface area contributed by atoms with Crippen LogP contribution in [0.5, 0.6) is 5.75 Å². The van der Waals surface area contributed by atoms with Crippen LogP contribution in [0, 0.1) is 0 Å². The molecule has 2 aliphatic carbocycles. The number of ether oxygens (including phenoxy) is 1. The Bertz CT molecular complexity index is 5620. The zero-order valence-corrected chi connectivity index (χ0v) is 60.5. The van der Waals surface area contributed by atoms with Crippen LogP contribution in [-0.2, 0) is 48.9 Å². The van der Waals surface area contributed by atoms with Gasteiger partial charge >= 0.3 is 11.9 Å². The van der Waals surface area contributed by atoms with Gasteiger partial charge in [0.25, 0.3) is 26.1 Å². The molecule has 12 rings (SSSR count). The average Bonchev–Trinajstić information content (AvgIpc) is 0.820. The summed E-state index contributed by atoms with van der Waals surface area (Å²) in [6.07, 6.45) is 11.7. The lowest BCUT2D eigenvalue weighted by Crippen LogP contribution is -2.28. The number of carbonyl (C=O) groups excluding carboxylic acids is 1. The predicted octanol–water partition coefficient (Wildman–Crippen LogP) is 12.8. The van der Waals surface area contributed by atoms with Crippen molar-refractivity contribution >= 4 is 82.8 Å². The number of fused-ring (bicyclic) bond motifs is 6. The molecule has 6 aromatic rings. The number of benzene rings is 8. The molecule has 536 valence electrons. The van der Waals surface area contributed by atoms with E-state index < -0.39 is 54.3 Å². The topological polar surface area (TPSA) is 310 Å². The van der Waals surface area contributed by atoms with Crippen LogP contribution in [0.4, 0.5) is 17.1 Å². The number of aromatic carboxylic acids is 2. The van der Waals surface area contributed by atoms with Crippen molar-refractivity contribution in [3.8, 4) is 50.7 Å². The number of unbranched alkanes of at least 4 members (excludes halogenated alkanes) is 2. The van der Waals surface area contributed by atoms with Crippen LogP contribution in [0.1, 0.15) is 107 Å². The molecule has 0 spiro atoms. The zero-order valence-electron chi connectivity index (χ0n) is 58.9. The number of hydrogen-bond donors (Lipinski definition) is 7. The van der Waals surface area contributed by atoms with E-state index in [0.29, 0.717) is 82.5 Å². The molecule has 22 nitrogen and oxygen atoms in total. The monoisotopic (exact) mass is 1440 g/mol. The van der Waals surface area contributed by atoms with Gasteiger partial charge in [-0.3, -0.25) is 24.0 Å². The van der Waals surface area contributed by atoms with Gasteiger partial charge in [-0.15, -0.1) is 0 Å². The molecule has 4 heterocycles. The van der Waals surface area contributed by atoms with Gasteiger partial charge in [0.2, 0.25) is 11.0 Å². The summed E-state index contributed by atoms with van der Waals surface area (Å²) >= 11 is 0. The Morgan fingerprint density at radius 2 is 1.37 bits per heavy atom. The fourth-order valence-corrected chi connectivity index (χ4v) is 15.2. The lowest BCUT2D eigenvalue weighted by atomic mass is 9.81. The molecule has 0 saturated carbocycles. The highest BCUT2D eigenvalue weighted by molar-refractivity contribution is 7.86. The molecule has 0 radical (unpaired) electrons. The highest BCUT2D eigenvalue weighted by Crippen LogP contribution is 2.50. The van der Waals surface area contributed by atoms with E-state index in [9.17, 15) is 60.4 Å². The maximum atomic E-state index is 14.4. The molecule has 1 amide bonds. The smallest absolute Gasteiger partial charge is 0.336 e. The molecule has 0 unspecified atom stereocenters. The third-order valence-electron chi connectivity index (χ3n) is 19.6. The SMILES string of the molecule is CCN1C(=CC=CC=CC2=[N+](CCCCCOCNCc3c4oc5c(CNC(=O)c6ccc(-c7c8ccc(=[N+](C)C)cc-8oc8cc(N(C)C)ccc78)c(C(=O)O)c6)c(O)ccc5c(-c5ccccc5C(=O)O)c-4ccc3=O)c3ccc(S(=O)(=O)O)cc3C2(C)C)C(C)(C)c2cc(S(=O)(=O)O)ccc21. The van der Waals surface area contributed by atoms with Gasteiger partial charge in [0, 0.05) is 131 Å². The summed E-state index contributed by atoms with van der Waals surface area (Å²) in [5.74, 6) is -2.88. The number of carboxylic acid groups (broad SMARTS) is 2. The molecule has 0 fully saturated rings. The summed E-state index contributed by atoms with van der Waals surface area (Å²) in [7, 11) is -1.30. The summed E-state index contributed by atoms with van der Waals surface area (Å²) < 4.78 is 92.1. The van der Waals surface area contributed by atoms with Crippen LogP contribution >= 0.6 is 0 Å². The van der Waals surface area contributed by atoms with E-state index in [4.69, 9.17) is 13.6 Å². The fraction of sp³-hybridized carbons (Fsp3) is 0.250. The molecular weight excluding hydrogens is 1370 g/mol. The maximum Gasteiger partial charge on any atom is 0.336 e. The van der Waals surface area contributed by atoms with E-state index in [1.807, 2.05) is 139 Å². The number of amides is 1. The molecule has 6 aliphatic rings. The van der Waals surface area contributed by atoms with Crippen LogP contribution < -0.4 is 35.8 Å². The van der Waals surface area contributed by atoms with Crippen molar-refractivity contribution in [2.45, 2.75) is 87.6 Å². The number of phenols is 1. The third kappa shape index (κ3) is 14.0. The Morgan fingerprint density at radius 3 is 2.08 bits per heavy atom. The second kappa shape index (κ2) is 28.8. The highest BCUT2D eigenvalue weighted by atomic mass is 32.2. The molecule has 0 aromatic heterocycles. The predicted molar refractivity (Wildman–Crippen MR) is 400 cm³/mol. The second-order valence-electron chi connectivity index (χ2n) is 27.2. The minimum atomic E-state index is -4.51. The average molecular weight is 1450 g/mol. The standard InChI is InChI=1S/C80H78N6O16S2/c1-10-85-64-33-26-50(103(94,95)96)42-62(64)79(2,3)70(85)21-13-11-14-22-71-80(4,5)63-43-51(104(97,98)99)27-34-65(63)86(71)37-17-12-18-38-100-46-81-44-60-66(87)35-31-57-73(52-19-15-16-20-54(52)77(90)91)58-32-36-67(88)61(75(58)102-74(57)60)45-82-76(89)47-23-28-53(59(39-47)78(92)93)72-55-29-24-48(83(6)7)40-68(55)101-69-41-49(84(8)9)25-30-56(69)72/h11,13-16,19-36,39-43,81H,10,12,17-18,37-38,44-46H2,1-9H3,(H4-2,82,87,88,89,90,91,92,93,94,95,96,97,98,99)/p+2. The maximum absolute atomic E-state index is 14.4. The number of phenolic OH excluding ortho intramolecular Hbond substituents is 1. The minimum Gasteiger partial charge on any atom is -0.507 e. The Labute approximate surface area is 601 Å². The van der Waals surface area contributed by atoms with Crippen molar-refractivity contribution in [1.82, 2.24) is 15.2 Å². The molecule has 4 aliphatic heterocycles. The number of aromatic hydroxyl groups is 1. The highest BCUT2D eigenvalue weighted by Gasteiger charge is 2.45. The number of carboxylic acids is 2. The van der Waals surface area contributed by atoms with Gasteiger partial charge < -0.3 is 44.0 Å². The first-order valence-electron chi connectivity index (χ1n) is 33.8. The first-order valence-corrected chi connectivity index (χ1v) is 36.7. The number of hydrogen-bond acceptors (Lipinski definition) is 15. The van der Waals surface area contributed by atoms with Crippen LogP contribution in [0.2, 0.25) is 0 Å². The lowest BCUT2D eigenvalue weighted by molar-refractivity contribution is -0.438. The van der Waals surface area contributed by atoms with E-state index in [1.54, 1.807) is 48.5 Å². The molecule has 0 atom stereocenters. The third-order valence-corrected chi connectivity index (χ3v) is 21.3. The molecule has 104 heavy (non-hydrogen) atoms. The Hall–Kier alpha value is -10.9. The van der Waals surface area contributed by atoms with E-state index in [0.717, 1.165) is 51.4 Å². The van der Waals surface area contributed by atoms with Crippen molar-refractivity contribution < 1.29 is 73.8 Å². The van der Waals surface area contributed by atoms with Crippen LogP contribution in [0.25, 0.3) is 66.8 Å². The van der Waals surface area contributed by atoms with Crippen molar-refractivity contribution in [1.29, 1.82) is 0 Å². The number of allylic oxidation sites excluding steroid dienone is 6. The first-order chi connectivity index (χ1) is 49.4. The van der Waals surface area contributed by atoms with Gasteiger partial charge in [-0.2, -0.15) is 21.4 Å². The van der Waals surface area contributed by atoms with Crippen LogP contribution in [0.3, 0.4) is 0 Å². The number of nitrogens with zero attached hydrogens (tertiary/aromatic N) is 4. The Balaban J connectivity index is 0.763. The Morgan fingerprint density at radius 1 is 0.683 bits per heavy atom. The van der Waals surface area contributed by atoms with Crippen LogP contribution in [0.15, 0.2) is 199 Å². The van der Waals surface area contributed by atoms with Gasteiger partial charge in [0.05, 0.1) is 56.8 Å². The van der Waals surface area contributed by atoms with E-state index in [-0.39, 0.29) is 80.1 Å². The number of rotatable bonds is 24. The van der Waals surface area contributed by atoms with E-state index in [2.05, 4.69) is 20.1 Å². The number of carbonyl (C=O) groups is 3. The number of likely N-dealkylation sites (N-methyl/N-ethyl adjacent to an activating group) is 1. The van der Waals surface area contributed by atoms with Crippen LogP contribution in [-0.4, -0.2) is 124 Å². The van der Waals surface area contributed by atoms with E-state index >= 15 is 0 Å². The summed E-state index contributed by atoms with van der Waals surface area (Å²) in [6.45, 7) is 11.1. The summed E-state index contributed by atoms with van der Waals surface area (Å²) in [4.78, 5) is 58.3. The van der Waals surface area contributed by atoms with Gasteiger partial charge in [0.15, 0.2) is 11.1 Å². The second-order valence-corrected chi connectivity index (χ2v) is 30.1. The summed E-state index contributed by atoms with van der Waals surface area (Å²) in [5, 5.41) is 41.0. The van der Waals surface area contributed by atoms with Gasteiger partial charge in [0.1, 0.15) is 49.1 Å². The summed E-state index contributed by atoms with van der Waals surface area (Å²) in [5.41, 5.74) is 7.37. The van der Waals surface area contributed by atoms with E-state index in [1.165, 1.54) is 54.6 Å². The van der Waals surface area contributed by atoms with Crippen molar-refractivity contribution in [2.24, 2.45) is 0 Å². The van der Waals surface area contributed by atoms with Crippen molar-refractivity contribution in [2.75, 3.05) is 64.4 Å². The first kappa shape index (κ1) is 72.9. The Kier molecular flexibility index (Phi) is 20.2. The van der Waals surface area contributed by atoms with Gasteiger partial charge in [-0.1, -0.05) is 56.3 Å². The number of anilines is 2. The molecule has 0 bridgehead atoms. The quantitative estimate of drug-likeness (QED) is 0.00738. The minimum absolute atomic E-state index is 0.00246. The molecule has 24 heteroatoms. The molecule has 0 saturated heterocycles. The largest absolute Gasteiger partial charge is 0.507 e. The summed E-state index contributed by atoms with van der Waals surface area (Å²) in [6, 6.07) is 37.3. The van der Waals surface area contributed by atoms with Crippen molar-refractivity contribution in [3.05, 3.63) is 230 Å². The van der Waals surface area contributed by atoms with Crippen molar-refractivity contribution in [3.63, 3.8) is 0 Å². The number of nitrogens with one attached hydrogen (secondary N) is 2. The molecule has 6 aromatic carbocycles. The lowest BCUT2D eigenvalue weighted by Gasteiger charge is -2.25. The molecular formula is C80H80N6O16S2+2. The molecule has 7 N–H and O–H groups in total. The normalized spacial score (nSPS) is 14.6.